The molecule has 1 aliphatic heterocycles. The van der Waals surface area contributed by atoms with Gasteiger partial charge in [0.2, 0.25) is 5.91 Å². The standard InChI is InChI=1S/C16H20N2OS/c1-12-17-15(11-20-12)13-6-7-14(10-13)16(19)18-8-4-2-3-5-9-18/h6,10-11H,2-5,7-9H2,1H3. The van der Waals surface area contributed by atoms with Gasteiger partial charge in [0.15, 0.2) is 0 Å². The highest BCUT2D eigenvalue weighted by molar-refractivity contribution is 7.09. The average Bonchev–Trinajstić information content (AvgIpc) is 3.00. The van der Waals surface area contributed by atoms with Gasteiger partial charge in [-0.05, 0) is 37.8 Å². The van der Waals surface area contributed by atoms with Crippen LogP contribution in [-0.4, -0.2) is 28.9 Å². The highest BCUT2D eigenvalue weighted by Crippen LogP contribution is 2.28. The van der Waals surface area contributed by atoms with E-state index in [1.807, 2.05) is 17.9 Å². The summed E-state index contributed by atoms with van der Waals surface area (Å²) in [5.74, 6) is 0.227. The average molecular weight is 288 g/mol. The lowest BCUT2D eigenvalue weighted by molar-refractivity contribution is -0.127. The van der Waals surface area contributed by atoms with Crippen LogP contribution < -0.4 is 0 Å². The summed E-state index contributed by atoms with van der Waals surface area (Å²) in [5, 5.41) is 3.14. The molecule has 0 atom stereocenters. The van der Waals surface area contributed by atoms with Crippen LogP contribution in [0.1, 0.15) is 42.8 Å². The monoisotopic (exact) mass is 288 g/mol. The summed E-state index contributed by atoms with van der Waals surface area (Å²) in [6.45, 7) is 3.85. The smallest absolute Gasteiger partial charge is 0.250 e. The number of hydrogen-bond acceptors (Lipinski definition) is 3. The maximum atomic E-state index is 12.5. The lowest BCUT2D eigenvalue weighted by Gasteiger charge is -2.20. The second kappa shape index (κ2) is 5.92. The maximum absolute atomic E-state index is 12.5. The minimum absolute atomic E-state index is 0.227. The summed E-state index contributed by atoms with van der Waals surface area (Å²) >= 11 is 1.66. The fourth-order valence-corrected chi connectivity index (χ4v) is 3.45. The van der Waals surface area contributed by atoms with E-state index in [2.05, 4.69) is 16.4 Å². The zero-order valence-corrected chi connectivity index (χ0v) is 12.7. The van der Waals surface area contributed by atoms with Gasteiger partial charge in [0.1, 0.15) is 0 Å². The number of nitrogens with zero attached hydrogens (tertiary/aromatic N) is 2. The van der Waals surface area contributed by atoms with Crippen molar-refractivity contribution in [3.63, 3.8) is 0 Å². The fourth-order valence-electron chi connectivity index (χ4n) is 2.83. The third kappa shape index (κ3) is 2.85. The van der Waals surface area contributed by atoms with Gasteiger partial charge in [-0.15, -0.1) is 11.3 Å². The molecule has 1 aromatic rings. The molecular formula is C16H20N2OS. The third-order valence-corrected chi connectivity index (χ3v) is 4.73. The summed E-state index contributed by atoms with van der Waals surface area (Å²) < 4.78 is 0. The molecule has 1 aliphatic carbocycles. The number of amides is 1. The molecule has 0 N–H and O–H groups in total. The van der Waals surface area contributed by atoms with Gasteiger partial charge in [-0.2, -0.15) is 0 Å². The molecule has 1 amide bonds. The molecule has 0 aromatic carbocycles. The van der Waals surface area contributed by atoms with Crippen LogP contribution in [0.2, 0.25) is 0 Å². The molecule has 0 bridgehead atoms. The first kappa shape index (κ1) is 13.6. The molecule has 4 heteroatoms. The number of carbonyl (C=O) groups is 1. The Kier molecular flexibility index (Phi) is 4.01. The van der Waals surface area contributed by atoms with E-state index in [4.69, 9.17) is 0 Å². The van der Waals surface area contributed by atoms with Crippen LogP contribution in [0.15, 0.2) is 23.1 Å². The molecular weight excluding hydrogens is 268 g/mol. The Bertz CT molecular complexity index is 563. The number of likely N-dealkylation sites (tertiary alicyclic amines) is 1. The molecule has 1 saturated heterocycles. The second-order valence-corrected chi connectivity index (χ2v) is 6.55. The van der Waals surface area contributed by atoms with Gasteiger partial charge in [-0.25, -0.2) is 4.98 Å². The normalized spacial score (nSPS) is 19.6. The number of thiazole rings is 1. The predicted octanol–water partition coefficient (Wildman–Crippen LogP) is 3.57. The van der Waals surface area contributed by atoms with Crippen LogP contribution in [0.3, 0.4) is 0 Å². The van der Waals surface area contributed by atoms with Crippen LogP contribution in [0.4, 0.5) is 0 Å². The largest absolute Gasteiger partial charge is 0.339 e. The third-order valence-electron chi connectivity index (χ3n) is 3.95. The zero-order chi connectivity index (χ0) is 13.9. The first-order valence-corrected chi connectivity index (χ1v) is 8.24. The van der Waals surface area contributed by atoms with Crippen LogP contribution in [0.5, 0.6) is 0 Å². The number of allylic oxidation sites excluding steroid dienone is 3. The molecule has 2 heterocycles. The first-order valence-electron chi connectivity index (χ1n) is 7.36. The number of rotatable bonds is 2. The van der Waals surface area contributed by atoms with E-state index in [1.165, 1.54) is 12.8 Å². The van der Waals surface area contributed by atoms with E-state index in [9.17, 15) is 4.79 Å². The molecule has 106 valence electrons. The number of carbonyl (C=O) groups excluding carboxylic acids is 1. The molecule has 0 unspecified atom stereocenters. The van der Waals surface area contributed by atoms with Gasteiger partial charge in [0.25, 0.3) is 0 Å². The van der Waals surface area contributed by atoms with Crippen LogP contribution in [-0.2, 0) is 4.79 Å². The van der Waals surface area contributed by atoms with Crippen LogP contribution in [0, 0.1) is 6.92 Å². The summed E-state index contributed by atoms with van der Waals surface area (Å²) in [6.07, 6.45) is 9.70. The lowest BCUT2D eigenvalue weighted by atomic mass is 10.2. The van der Waals surface area contributed by atoms with E-state index in [0.29, 0.717) is 0 Å². The Morgan fingerprint density at radius 2 is 2.00 bits per heavy atom. The number of hydrogen-bond donors (Lipinski definition) is 0. The van der Waals surface area contributed by atoms with Gasteiger partial charge in [0, 0.05) is 24.0 Å². The summed E-state index contributed by atoms with van der Waals surface area (Å²) in [7, 11) is 0. The molecule has 3 nitrogen and oxygen atoms in total. The van der Waals surface area contributed by atoms with Crippen molar-refractivity contribution in [2.75, 3.05) is 13.1 Å². The summed E-state index contributed by atoms with van der Waals surface area (Å²) in [4.78, 5) is 19.1. The molecule has 3 rings (SSSR count). The Hall–Kier alpha value is -1.42. The Labute approximate surface area is 124 Å². The number of aryl methyl sites for hydroxylation is 1. The Morgan fingerprint density at radius 1 is 1.25 bits per heavy atom. The lowest BCUT2D eigenvalue weighted by Crippen LogP contribution is -2.32. The topological polar surface area (TPSA) is 33.2 Å². The Balaban J connectivity index is 1.71. The van der Waals surface area contributed by atoms with Crippen molar-refractivity contribution in [3.8, 4) is 0 Å². The fraction of sp³-hybridized carbons (Fsp3) is 0.500. The number of aromatic nitrogens is 1. The SMILES string of the molecule is Cc1nc(C2=CCC(C(=O)N3CCCCCC3)=C2)cs1. The van der Waals surface area contributed by atoms with E-state index in [-0.39, 0.29) is 5.91 Å². The molecule has 20 heavy (non-hydrogen) atoms. The van der Waals surface area contributed by atoms with Crippen molar-refractivity contribution >= 4 is 22.8 Å². The van der Waals surface area contributed by atoms with E-state index < -0.39 is 0 Å². The predicted molar refractivity (Wildman–Crippen MR) is 82.6 cm³/mol. The zero-order valence-electron chi connectivity index (χ0n) is 11.9. The minimum Gasteiger partial charge on any atom is -0.339 e. The molecule has 0 radical (unpaired) electrons. The van der Waals surface area contributed by atoms with Crippen molar-refractivity contribution in [1.29, 1.82) is 0 Å². The van der Waals surface area contributed by atoms with Gasteiger partial charge in [-0.3, -0.25) is 4.79 Å². The molecule has 1 fully saturated rings. The molecule has 2 aliphatic rings. The Morgan fingerprint density at radius 3 is 2.65 bits per heavy atom. The quantitative estimate of drug-likeness (QED) is 0.833. The van der Waals surface area contributed by atoms with Crippen molar-refractivity contribution in [3.05, 3.63) is 33.8 Å². The van der Waals surface area contributed by atoms with Crippen LogP contribution >= 0.6 is 11.3 Å². The summed E-state index contributed by atoms with van der Waals surface area (Å²) in [5.41, 5.74) is 3.03. The van der Waals surface area contributed by atoms with Crippen molar-refractivity contribution in [1.82, 2.24) is 9.88 Å². The van der Waals surface area contributed by atoms with E-state index in [1.54, 1.807) is 11.3 Å². The highest BCUT2D eigenvalue weighted by Gasteiger charge is 2.22. The van der Waals surface area contributed by atoms with Crippen molar-refractivity contribution in [2.45, 2.75) is 39.0 Å². The van der Waals surface area contributed by atoms with Gasteiger partial charge in [-0.1, -0.05) is 18.9 Å². The minimum atomic E-state index is 0.227. The second-order valence-electron chi connectivity index (χ2n) is 5.49. The van der Waals surface area contributed by atoms with Gasteiger partial charge in [0.05, 0.1) is 10.7 Å². The highest BCUT2D eigenvalue weighted by atomic mass is 32.1. The molecule has 0 spiro atoms. The molecule has 1 aromatic heterocycles. The van der Waals surface area contributed by atoms with E-state index in [0.717, 1.165) is 54.2 Å². The van der Waals surface area contributed by atoms with E-state index >= 15 is 0 Å². The van der Waals surface area contributed by atoms with Crippen molar-refractivity contribution < 1.29 is 4.79 Å². The van der Waals surface area contributed by atoms with Gasteiger partial charge < -0.3 is 4.90 Å². The van der Waals surface area contributed by atoms with Crippen LogP contribution in [0.25, 0.3) is 5.57 Å². The molecule has 0 saturated carbocycles. The van der Waals surface area contributed by atoms with Crippen molar-refractivity contribution in [2.24, 2.45) is 0 Å². The maximum Gasteiger partial charge on any atom is 0.250 e. The first-order chi connectivity index (χ1) is 9.74. The summed E-state index contributed by atoms with van der Waals surface area (Å²) in [6, 6.07) is 0. The van der Waals surface area contributed by atoms with Gasteiger partial charge >= 0.3 is 0 Å².